The maximum Gasteiger partial charge on any atom is 0.431 e. The Hall–Kier alpha value is -4.60. The summed E-state index contributed by atoms with van der Waals surface area (Å²) in [5, 5.41) is 9.39. The van der Waals surface area contributed by atoms with E-state index in [2.05, 4.69) is 4.74 Å². The van der Waals surface area contributed by atoms with Crippen molar-refractivity contribution in [3.05, 3.63) is 80.4 Å². The van der Waals surface area contributed by atoms with Crippen molar-refractivity contribution in [2.75, 3.05) is 7.11 Å². The van der Waals surface area contributed by atoms with Gasteiger partial charge in [0, 0.05) is 25.2 Å². The first kappa shape index (κ1) is 26.0. The van der Waals surface area contributed by atoms with Crippen molar-refractivity contribution >= 4 is 5.97 Å². The zero-order valence-corrected chi connectivity index (χ0v) is 18.9. The van der Waals surface area contributed by atoms with Crippen LogP contribution in [0.25, 0.3) is 5.69 Å². The van der Waals surface area contributed by atoms with Crippen LogP contribution in [-0.4, -0.2) is 28.3 Å². The molecule has 13 heteroatoms. The fraction of sp³-hybridized carbons (Fsp3) is 0.217. The van der Waals surface area contributed by atoms with E-state index in [1.54, 1.807) is 6.07 Å². The molecule has 0 aliphatic carbocycles. The molecule has 0 aliphatic rings. The van der Waals surface area contributed by atoms with Crippen LogP contribution in [0.3, 0.4) is 0 Å². The molecule has 36 heavy (non-hydrogen) atoms. The first-order chi connectivity index (χ1) is 16.9. The molecule has 188 valence electrons. The Labute approximate surface area is 200 Å². The highest BCUT2D eigenvalue weighted by atomic mass is 19.4. The summed E-state index contributed by atoms with van der Waals surface area (Å²) in [5.41, 5.74) is -5.47. The van der Waals surface area contributed by atoms with Crippen LogP contribution in [0.5, 0.6) is 17.2 Å². The van der Waals surface area contributed by atoms with Crippen molar-refractivity contribution < 1.29 is 36.6 Å². The van der Waals surface area contributed by atoms with Crippen LogP contribution in [-0.2, 0) is 22.8 Å². The van der Waals surface area contributed by atoms with E-state index in [4.69, 9.17) is 9.47 Å². The van der Waals surface area contributed by atoms with E-state index in [0.717, 1.165) is 13.1 Å². The molecule has 1 atom stereocenters. The number of benzene rings is 2. The Bertz CT molecular complexity index is 1490. The molecule has 0 bridgehead atoms. The van der Waals surface area contributed by atoms with Gasteiger partial charge in [0.25, 0.3) is 5.56 Å². The second kappa shape index (κ2) is 9.95. The van der Waals surface area contributed by atoms with Crippen LogP contribution in [0.1, 0.15) is 18.2 Å². The van der Waals surface area contributed by atoms with Gasteiger partial charge < -0.3 is 14.2 Å². The average molecular weight is 507 g/mol. The van der Waals surface area contributed by atoms with Crippen molar-refractivity contribution in [3.63, 3.8) is 0 Å². The molecule has 9 nitrogen and oxygen atoms in total. The van der Waals surface area contributed by atoms with E-state index >= 15 is 0 Å². The van der Waals surface area contributed by atoms with Crippen LogP contribution in [0, 0.1) is 17.1 Å². The minimum atomic E-state index is -5.00. The van der Waals surface area contributed by atoms with Crippen molar-refractivity contribution in [3.8, 4) is 29.0 Å². The van der Waals surface area contributed by atoms with E-state index in [1.807, 2.05) is 0 Å². The first-order valence-corrected chi connectivity index (χ1v) is 10.0. The number of carbonyl (C=O) groups excluding carboxylic acids is 1. The van der Waals surface area contributed by atoms with Gasteiger partial charge in [0.2, 0.25) is 0 Å². The zero-order chi connectivity index (χ0) is 26.8. The number of hydrogen-bond acceptors (Lipinski definition) is 7. The summed E-state index contributed by atoms with van der Waals surface area (Å²) in [5.74, 6) is -1.92. The first-order valence-electron chi connectivity index (χ1n) is 10.0. The number of hydrogen-bond donors (Lipinski definition) is 0. The second-order valence-electron chi connectivity index (χ2n) is 7.31. The average Bonchev–Trinajstić information content (AvgIpc) is 2.82. The smallest absolute Gasteiger partial charge is 0.431 e. The Balaban J connectivity index is 2.08. The fourth-order valence-corrected chi connectivity index (χ4v) is 3.16. The molecule has 0 radical (unpaired) electrons. The fourth-order valence-electron chi connectivity index (χ4n) is 3.16. The summed E-state index contributed by atoms with van der Waals surface area (Å²) in [6.45, 7) is 1.45. The Morgan fingerprint density at radius 2 is 1.78 bits per heavy atom. The molecular weight excluding hydrogens is 490 g/mol. The van der Waals surface area contributed by atoms with Gasteiger partial charge in [0.1, 0.15) is 34.8 Å². The predicted molar refractivity (Wildman–Crippen MR) is 116 cm³/mol. The number of alkyl halides is 3. The molecule has 0 amide bonds. The zero-order valence-electron chi connectivity index (χ0n) is 18.9. The molecule has 3 rings (SSSR count). The maximum atomic E-state index is 14.8. The lowest BCUT2D eigenvalue weighted by Gasteiger charge is -2.16. The molecule has 0 aliphatic heterocycles. The van der Waals surface area contributed by atoms with Gasteiger partial charge in [-0.25, -0.2) is 18.5 Å². The molecule has 0 spiro atoms. The molecule has 0 saturated carbocycles. The van der Waals surface area contributed by atoms with Crippen molar-refractivity contribution in [1.29, 1.82) is 5.26 Å². The number of nitrogens with zero attached hydrogens (tertiary/aromatic N) is 3. The Kier molecular flexibility index (Phi) is 7.19. The van der Waals surface area contributed by atoms with Crippen LogP contribution in [0.4, 0.5) is 17.6 Å². The number of carbonyl (C=O) groups is 1. The van der Waals surface area contributed by atoms with Crippen LogP contribution >= 0.6 is 0 Å². The minimum Gasteiger partial charge on any atom is -0.479 e. The van der Waals surface area contributed by atoms with E-state index in [-0.39, 0.29) is 38.0 Å². The summed E-state index contributed by atoms with van der Waals surface area (Å²) >= 11 is 0. The van der Waals surface area contributed by atoms with Gasteiger partial charge in [-0.1, -0.05) is 6.07 Å². The molecule has 1 heterocycles. The van der Waals surface area contributed by atoms with Gasteiger partial charge in [-0.3, -0.25) is 9.36 Å². The van der Waals surface area contributed by atoms with Crippen molar-refractivity contribution in [1.82, 2.24) is 9.13 Å². The van der Waals surface area contributed by atoms with Gasteiger partial charge in [-0.15, -0.1) is 0 Å². The van der Waals surface area contributed by atoms with Gasteiger partial charge >= 0.3 is 17.8 Å². The van der Waals surface area contributed by atoms with Gasteiger partial charge in [-0.05, 0) is 25.1 Å². The van der Waals surface area contributed by atoms with Gasteiger partial charge in [-0.2, -0.15) is 18.4 Å². The third-order valence-corrected chi connectivity index (χ3v) is 4.90. The number of aromatic nitrogens is 2. The van der Waals surface area contributed by atoms with Gasteiger partial charge in [0.05, 0.1) is 18.4 Å². The number of methoxy groups -OCH3 is 1. The van der Waals surface area contributed by atoms with Crippen LogP contribution in [0.2, 0.25) is 0 Å². The maximum absolute atomic E-state index is 14.8. The molecule has 3 aromatic rings. The molecule has 1 aromatic heterocycles. The summed E-state index contributed by atoms with van der Waals surface area (Å²) in [4.78, 5) is 36.5. The van der Waals surface area contributed by atoms with E-state index in [1.165, 1.54) is 38.3 Å². The standard InChI is InChI=1S/C23H17F4N3O6/c1-12(21(32)34-3)35-14-5-4-6-15(8-14)36-18-9-17(16(24)7-13(18)11-28)30-20(31)10-19(23(25,26)27)29(2)22(30)33/h4-10,12H,1-3H3. The topological polar surface area (TPSA) is 113 Å². The number of esters is 1. The van der Waals surface area contributed by atoms with Crippen molar-refractivity contribution in [2.45, 2.75) is 19.2 Å². The largest absolute Gasteiger partial charge is 0.479 e. The third kappa shape index (κ3) is 5.22. The monoisotopic (exact) mass is 507 g/mol. The number of halogens is 4. The van der Waals surface area contributed by atoms with Gasteiger partial charge in [0.15, 0.2) is 6.10 Å². The molecule has 0 N–H and O–H groups in total. The highest BCUT2D eigenvalue weighted by molar-refractivity contribution is 5.74. The molecule has 0 fully saturated rings. The summed E-state index contributed by atoms with van der Waals surface area (Å²) < 4.78 is 70.2. The van der Waals surface area contributed by atoms with Crippen LogP contribution < -0.4 is 20.7 Å². The SMILES string of the molecule is COC(=O)C(C)Oc1cccc(Oc2cc(-n3c(=O)cc(C(F)(F)F)n(C)c3=O)c(F)cc2C#N)c1. The van der Waals surface area contributed by atoms with E-state index < -0.39 is 46.7 Å². The van der Waals surface area contributed by atoms with Crippen LogP contribution in [0.15, 0.2) is 52.1 Å². The van der Waals surface area contributed by atoms with E-state index in [9.17, 15) is 37.2 Å². The lowest BCUT2D eigenvalue weighted by atomic mass is 10.1. The lowest BCUT2D eigenvalue weighted by Crippen LogP contribution is -2.41. The second-order valence-corrected chi connectivity index (χ2v) is 7.31. The number of nitriles is 1. The summed E-state index contributed by atoms with van der Waals surface area (Å²) in [7, 11) is 1.97. The van der Waals surface area contributed by atoms with Crippen molar-refractivity contribution in [2.24, 2.45) is 7.05 Å². The number of rotatable bonds is 6. The highest BCUT2D eigenvalue weighted by Crippen LogP contribution is 2.31. The highest BCUT2D eigenvalue weighted by Gasteiger charge is 2.35. The molecular formula is C23H17F4N3O6. The molecule has 2 aromatic carbocycles. The minimum absolute atomic E-state index is 0.0614. The summed E-state index contributed by atoms with van der Waals surface area (Å²) in [6.07, 6.45) is -5.96. The lowest BCUT2D eigenvalue weighted by molar-refractivity contribution is -0.148. The summed E-state index contributed by atoms with van der Waals surface area (Å²) in [6, 6.07) is 9.13. The predicted octanol–water partition coefficient (Wildman–Crippen LogP) is 3.30. The Morgan fingerprint density at radius 1 is 1.11 bits per heavy atom. The molecule has 1 unspecified atom stereocenters. The normalized spacial score (nSPS) is 11.9. The molecule has 0 saturated heterocycles. The third-order valence-electron chi connectivity index (χ3n) is 4.90. The Morgan fingerprint density at radius 3 is 2.39 bits per heavy atom. The quantitative estimate of drug-likeness (QED) is 0.372. The number of ether oxygens (including phenoxy) is 3. The van der Waals surface area contributed by atoms with E-state index in [0.29, 0.717) is 6.07 Å².